The Morgan fingerprint density at radius 2 is 2.11 bits per heavy atom. The third-order valence-corrected chi connectivity index (χ3v) is 3.61. The molecule has 0 spiro atoms. The highest BCUT2D eigenvalue weighted by Crippen LogP contribution is 2.17. The first kappa shape index (κ1) is 11.9. The summed E-state index contributed by atoms with van der Waals surface area (Å²) in [6.45, 7) is 2.74. The third kappa shape index (κ3) is 2.66. The van der Waals surface area contributed by atoms with Crippen molar-refractivity contribution in [2.24, 2.45) is 0 Å². The predicted octanol–water partition coefficient (Wildman–Crippen LogP) is 3.25. The van der Waals surface area contributed by atoms with Gasteiger partial charge in [-0.15, -0.1) is 11.3 Å². The van der Waals surface area contributed by atoms with Gasteiger partial charge in [0, 0.05) is 11.6 Å². The lowest BCUT2D eigenvalue weighted by Crippen LogP contribution is -1.98. The molecule has 0 amide bonds. The smallest absolute Gasteiger partial charge is 0.112 e. The molecule has 5 heteroatoms. The molecule has 19 heavy (non-hydrogen) atoms. The summed E-state index contributed by atoms with van der Waals surface area (Å²) < 4.78 is 1.89. The van der Waals surface area contributed by atoms with E-state index in [0.717, 1.165) is 28.6 Å². The molecule has 3 aromatic rings. The lowest BCUT2D eigenvalue weighted by Gasteiger charge is -2.01. The molecule has 0 atom stereocenters. The number of nitrogens with one attached hydrogen (secondary N) is 1. The standard InChI is InChI=1S/C14H14N4S/c1-11-13(16-9-14-15-7-8-19-14)10-18(17-11)12-5-3-2-4-6-12/h2-8,10,16H,9H2,1H3. The van der Waals surface area contributed by atoms with Crippen LogP contribution in [-0.2, 0) is 6.54 Å². The number of aromatic nitrogens is 3. The van der Waals surface area contributed by atoms with E-state index >= 15 is 0 Å². The molecule has 0 bridgehead atoms. The lowest BCUT2D eigenvalue weighted by atomic mass is 10.3. The van der Waals surface area contributed by atoms with Crippen molar-refractivity contribution in [3.63, 3.8) is 0 Å². The van der Waals surface area contributed by atoms with E-state index in [2.05, 4.69) is 15.4 Å². The van der Waals surface area contributed by atoms with Crippen molar-refractivity contribution in [3.8, 4) is 5.69 Å². The van der Waals surface area contributed by atoms with Crippen LogP contribution in [0.15, 0.2) is 48.1 Å². The monoisotopic (exact) mass is 270 g/mol. The molecule has 96 valence electrons. The molecular weight excluding hydrogens is 256 g/mol. The Morgan fingerprint density at radius 3 is 2.84 bits per heavy atom. The second kappa shape index (κ2) is 5.24. The summed E-state index contributed by atoms with van der Waals surface area (Å²) >= 11 is 1.65. The molecule has 4 nitrogen and oxygen atoms in total. The minimum atomic E-state index is 0.735. The zero-order chi connectivity index (χ0) is 13.1. The van der Waals surface area contributed by atoms with Crippen molar-refractivity contribution in [2.45, 2.75) is 13.5 Å². The van der Waals surface area contributed by atoms with E-state index < -0.39 is 0 Å². The summed E-state index contributed by atoms with van der Waals surface area (Å²) in [6, 6.07) is 10.1. The Morgan fingerprint density at radius 1 is 1.26 bits per heavy atom. The molecule has 2 aromatic heterocycles. The number of para-hydroxylation sites is 1. The Labute approximate surface area is 115 Å². The van der Waals surface area contributed by atoms with Gasteiger partial charge in [-0.05, 0) is 19.1 Å². The van der Waals surface area contributed by atoms with Gasteiger partial charge in [-0.1, -0.05) is 18.2 Å². The highest BCUT2D eigenvalue weighted by Gasteiger charge is 2.06. The number of hydrogen-bond donors (Lipinski definition) is 1. The summed E-state index contributed by atoms with van der Waals surface area (Å²) in [5.41, 5.74) is 3.09. The van der Waals surface area contributed by atoms with Gasteiger partial charge in [-0.2, -0.15) is 5.10 Å². The maximum Gasteiger partial charge on any atom is 0.112 e. The molecule has 3 rings (SSSR count). The van der Waals surface area contributed by atoms with E-state index in [1.165, 1.54) is 0 Å². The molecule has 2 heterocycles. The summed E-state index contributed by atoms with van der Waals surface area (Å²) in [7, 11) is 0. The van der Waals surface area contributed by atoms with E-state index in [0.29, 0.717) is 0 Å². The van der Waals surface area contributed by atoms with Gasteiger partial charge in [0.15, 0.2) is 0 Å². The van der Waals surface area contributed by atoms with Gasteiger partial charge in [0.25, 0.3) is 0 Å². The van der Waals surface area contributed by atoms with Crippen molar-refractivity contribution in [3.05, 3.63) is 58.8 Å². The summed E-state index contributed by atoms with van der Waals surface area (Å²) in [6.07, 6.45) is 3.83. The highest BCUT2D eigenvalue weighted by molar-refractivity contribution is 7.09. The van der Waals surface area contributed by atoms with E-state index in [-0.39, 0.29) is 0 Å². The molecule has 0 aliphatic rings. The Bertz CT molecular complexity index is 643. The van der Waals surface area contributed by atoms with Crippen molar-refractivity contribution in [1.82, 2.24) is 14.8 Å². The van der Waals surface area contributed by atoms with Gasteiger partial charge < -0.3 is 5.32 Å². The zero-order valence-corrected chi connectivity index (χ0v) is 11.4. The van der Waals surface area contributed by atoms with E-state index in [9.17, 15) is 0 Å². The first-order chi connectivity index (χ1) is 9.33. The number of benzene rings is 1. The molecule has 0 aliphatic heterocycles. The topological polar surface area (TPSA) is 42.7 Å². The van der Waals surface area contributed by atoms with Crippen molar-refractivity contribution in [2.75, 3.05) is 5.32 Å². The number of thiazole rings is 1. The minimum absolute atomic E-state index is 0.735. The number of nitrogens with zero attached hydrogens (tertiary/aromatic N) is 3. The fraction of sp³-hybridized carbons (Fsp3) is 0.143. The normalized spacial score (nSPS) is 10.6. The van der Waals surface area contributed by atoms with E-state index in [1.54, 1.807) is 11.3 Å². The molecule has 1 N–H and O–H groups in total. The molecule has 0 saturated heterocycles. The second-order valence-corrected chi connectivity index (χ2v) is 5.17. The molecule has 1 aromatic carbocycles. The van der Waals surface area contributed by atoms with Gasteiger partial charge >= 0.3 is 0 Å². The highest BCUT2D eigenvalue weighted by atomic mass is 32.1. The molecule has 0 unspecified atom stereocenters. The van der Waals surface area contributed by atoms with E-state index in [1.807, 2.05) is 59.7 Å². The minimum Gasteiger partial charge on any atom is -0.376 e. The van der Waals surface area contributed by atoms with Crippen molar-refractivity contribution >= 4 is 17.0 Å². The first-order valence-corrected chi connectivity index (χ1v) is 6.95. The lowest BCUT2D eigenvalue weighted by molar-refractivity contribution is 0.863. The number of rotatable bonds is 4. The van der Waals surface area contributed by atoms with Gasteiger partial charge in [0.2, 0.25) is 0 Å². The van der Waals surface area contributed by atoms with Crippen molar-refractivity contribution < 1.29 is 0 Å². The van der Waals surface area contributed by atoms with Crippen LogP contribution in [0.2, 0.25) is 0 Å². The van der Waals surface area contributed by atoms with Crippen LogP contribution in [0.25, 0.3) is 5.69 Å². The van der Waals surface area contributed by atoms with Gasteiger partial charge in [-0.3, -0.25) is 0 Å². The molecular formula is C14H14N4S. The maximum absolute atomic E-state index is 4.52. The molecule has 0 fully saturated rings. The fourth-order valence-corrected chi connectivity index (χ4v) is 2.41. The zero-order valence-electron chi connectivity index (χ0n) is 10.6. The van der Waals surface area contributed by atoms with Crippen LogP contribution in [0, 0.1) is 6.92 Å². The fourth-order valence-electron chi connectivity index (χ4n) is 1.86. The molecule has 0 aliphatic carbocycles. The SMILES string of the molecule is Cc1nn(-c2ccccc2)cc1NCc1nccs1. The largest absolute Gasteiger partial charge is 0.376 e. The Kier molecular flexibility index (Phi) is 3.29. The van der Waals surface area contributed by atoms with Crippen LogP contribution in [0.3, 0.4) is 0 Å². The Hall–Kier alpha value is -2.14. The maximum atomic E-state index is 4.52. The van der Waals surface area contributed by atoms with Crippen LogP contribution in [0.1, 0.15) is 10.7 Å². The summed E-state index contributed by atoms with van der Waals surface area (Å²) in [5.74, 6) is 0. The van der Waals surface area contributed by atoms with Gasteiger partial charge in [0.05, 0.1) is 29.8 Å². The average molecular weight is 270 g/mol. The van der Waals surface area contributed by atoms with Crippen molar-refractivity contribution in [1.29, 1.82) is 0 Å². The van der Waals surface area contributed by atoms with Crippen LogP contribution >= 0.6 is 11.3 Å². The summed E-state index contributed by atoms with van der Waals surface area (Å²) in [4.78, 5) is 4.25. The van der Waals surface area contributed by atoms with Crippen LogP contribution in [0.5, 0.6) is 0 Å². The van der Waals surface area contributed by atoms with Crippen LogP contribution in [-0.4, -0.2) is 14.8 Å². The third-order valence-electron chi connectivity index (χ3n) is 2.83. The number of anilines is 1. The van der Waals surface area contributed by atoms with Crippen LogP contribution in [0.4, 0.5) is 5.69 Å². The van der Waals surface area contributed by atoms with Gasteiger partial charge in [0.1, 0.15) is 5.01 Å². The summed E-state index contributed by atoms with van der Waals surface area (Å²) in [5, 5.41) is 10.9. The number of hydrogen-bond acceptors (Lipinski definition) is 4. The first-order valence-electron chi connectivity index (χ1n) is 6.07. The van der Waals surface area contributed by atoms with Crippen LogP contribution < -0.4 is 5.32 Å². The quantitative estimate of drug-likeness (QED) is 0.791. The van der Waals surface area contributed by atoms with E-state index in [4.69, 9.17) is 0 Å². The predicted molar refractivity (Wildman–Crippen MR) is 77.7 cm³/mol. The number of aryl methyl sites for hydroxylation is 1. The molecule has 0 saturated carbocycles. The molecule has 0 radical (unpaired) electrons. The Balaban J connectivity index is 1.78. The average Bonchev–Trinajstić information content (AvgIpc) is 3.07. The van der Waals surface area contributed by atoms with Gasteiger partial charge in [-0.25, -0.2) is 9.67 Å². The second-order valence-electron chi connectivity index (χ2n) is 4.19.